The highest BCUT2D eigenvalue weighted by atomic mass is 127. The summed E-state index contributed by atoms with van der Waals surface area (Å²) in [5.41, 5.74) is 3.32. The van der Waals surface area contributed by atoms with Crippen LogP contribution in [-0.4, -0.2) is 25.2 Å². The van der Waals surface area contributed by atoms with Gasteiger partial charge in [0.1, 0.15) is 5.82 Å². The number of halogens is 2. The molecular weight excluding hydrogens is 451 g/mol. The highest BCUT2D eigenvalue weighted by molar-refractivity contribution is 14.1. The Labute approximate surface area is 165 Å². The van der Waals surface area contributed by atoms with E-state index in [4.69, 9.17) is 0 Å². The van der Waals surface area contributed by atoms with Crippen LogP contribution in [0.4, 0.5) is 11.5 Å². The number of benzene rings is 1. The Morgan fingerprint density at radius 1 is 1.16 bits per heavy atom. The van der Waals surface area contributed by atoms with Crippen molar-refractivity contribution in [1.29, 1.82) is 0 Å². The van der Waals surface area contributed by atoms with Crippen molar-refractivity contribution in [3.63, 3.8) is 0 Å². The molecule has 2 heterocycles. The number of carbonyl (C=O) groups excluding carboxylic acids is 1. The van der Waals surface area contributed by atoms with Crippen LogP contribution in [0.2, 0.25) is 0 Å². The molecule has 3 aromatic rings. The fourth-order valence-electron chi connectivity index (χ4n) is 2.22. The summed E-state index contributed by atoms with van der Waals surface area (Å²) in [6.45, 7) is 1.93. The fourth-order valence-corrected chi connectivity index (χ4v) is 2.66. The maximum absolute atomic E-state index is 11.7. The third-order valence-electron chi connectivity index (χ3n) is 3.37. The molecule has 7 heteroatoms. The van der Waals surface area contributed by atoms with Crippen LogP contribution < -0.4 is 5.32 Å². The smallest absolute Gasteiger partial charge is 0.172 e. The van der Waals surface area contributed by atoms with Gasteiger partial charge in [-0.3, -0.25) is 9.78 Å². The second-order valence-corrected chi connectivity index (χ2v) is 5.98. The molecule has 0 amide bonds. The first kappa shape index (κ1) is 19.3. The molecule has 0 aliphatic heterocycles. The summed E-state index contributed by atoms with van der Waals surface area (Å²) in [6, 6.07) is 13.1. The van der Waals surface area contributed by atoms with Gasteiger partial charge in [0, 0.05) is 41.0 Å². The standard InChI is InChI=1S/C18H15IN4O.ClH/c1-12-9-17(23-18(21-12)14-3-2-8-20-11-14)22-15-6-4-13(5-7-15)16(24)10-19;/h2-9,11H,10H2,1H3,(H,21,22,23);1H. The maximum Gasteiger partial charge on any atom is 0.172 e. The Bertz CT molecular complexity index is 857. The Hall–Kier alpha value is -2.06. The van der Waals surface area contributed by atoms with E-state index in [0.29, 0.717) is 21.6 Å². The number of Topliss-reactive ketones (excluding diaryl/α,β-unsaturated/α-hetero) is 1. The number of hydrogen-bond donors (Lipinski definition) is 1. The molecule has 2 aromatic heterocycles. The van der Waals surface area contributed by atoms with E-state index < -0.39 is 0 Å². The van der Waals surface area contributed by atoms with Gasteiger partial charge in [-0.05, 0) is 43.3 Å². The second-order valence-electron chi connectivity index (χ2n) is 5.22. The van der Waals surface area contributed by atoms with Crippen molar-refractivity contribution < 1.29 is 4.79 Å². The SMILES string of the molecule is Cc1cc(Nc2ccc(C(=O)CI)cc2)nc(-c2cccnc2)n1.Cl. The molecule has 0 aliphatic rings. The van der Waals surface area contributed by atoms with Crippen molar-refractivity contribution in [2.45, 2.75) is 6.92 Å². The van der Waals surface area contributed by atoms with Crippen molar-refractivity contribution in [3.05, 3.63) is 66.1 Å². The van der Waals surface area contributed by atoms with E-state index >= 15 is 0 Å². The van der Waals surface area contributed by atoms with E-state index in [1.54, 1.807) is 12.4 Å². The number of aryl methyl sites for hydroxylation is 1. The highest BCUT2D eigenvalue weighted by Gasteiger charge is 2.07. The van der Waals surface area contributed by atoms with Crippen molar-refractivity contribution in [3.8, 4) is 11.4 Å². The largest absolute Gasteiger partial charge is 0.340 e. The van der Waals surface area contributed by atoms with Crippen molar-refractivity contribution in [1.82, 2.24) is 15.0 Å². The van der Waals surface area contributed by atoms with Gasteiger partial charge in [-0.25, -0.2) is 9.97 Å². The van der Waals surface area contributed by atoms with E-state index in [1.165, 1.54) is 0 Å². The Morgan fingerprint density at radius 3 is 2.56 bits per heavy atom. The fraction of sp³-hybridized carbons (Fsp3) is 0.111. The highest BCUT2D eigenvalue weighted by Crippen LogP contribution is 2.20. The van der Waals surface area contributed by atoms with Crippen LogP contribution in [0.3, 0.4) is 0 Å². The average molecular weight is 467 g/mol. The summed E-state index contributed by atoms with van der Waals surface area (Å²) < 4.78 is 0.476. The molecule has 0 fully saturated rings. The van der Waals surface area contributed by atoms with Gasteiger partial charge in [-0.2, -0.15) is 0 Å². The molecule has 0 saturated heterocycles. The van der Waals surface area contributed by atoms with E-state index in [1.807, 2.05) is 49.4 Å². The summed E-state index contributed by atoms with van der Waals surface area (Å²) in [5, 5.41) is 3.25. The minimum absolute atomic E-state index is 0. The Morgan fingerprint density at radius 2 is 1.92 bits per heavy atom. The topological polar surface area (TPSA) is 67.8 Å². The lowest BCUT2D eigenvalue weighted by atomic mass is 10.1. The summed E-state index contributed by atoms with van der Waals surface area (Å²) in [7, 11) is 0. The normalized spacial score (nSPS) is 10.0. The first-order chi connectivity index (χ1) is 11.7. The van der Waals surface area contributed by atoms with Crippen LogP contribution >= 0.6 is 35.0 Å². The van der Waals surface area contributed by atoms with E-state index in [-0.39, 0.29) is 18.2 Å². The summed E-state index contributed by atoms with van der Waals surface area (Å²) in [4.78, 5) is 24.8. The molecule has 0 spiro atoms. The van der Waals surface area contributed by atoms with Crippen LogP contribution in [0.5, 0.6) is 0 Å². The van der Waals surface area contributed by atoms with E-state index in [0.717, 1.165) is 16.9 Å². The lowest BCUT2D eigenvalue weighted by Gasteiger charge is -2.09. The third kappa shape index (κ3) is 4.96. The number of ketones is 1. The molecule has 3 rings (SSSR count). The summed E-state index contributed by atoms with van der Waals surface area (Å²) in [5.74, 6) is 1.45. The van der Waals surface area contributed by atoms with Crippen LogP contribution in [0.1, 0.15) is 16.1 Å². The van der Waals surface area contributed by atoms with Crippen molar-refractivity contribution >= 4 is 52.3 Å². The zero-order valence-electron chi connectivity index (χ0n) is 13.4. The van der Waals surface area contributed by atoms with Gasteiger partial charge in [-0.1, -0.05) is 22.6 Å². The van der Waals surface area contributed by atoms with E-state index in [9.17, 15) is 4.79 Å². The van der Waals surface area contributed by atoms with Crippen LogP contribution in [0.15, 0.2) is 54.9 Å². The number of rotatable bonds is 5. The van der Waals surface area contributed by atoms with Gasteiger partial charge >= 0.3 is 0 Å². The zero-order chi connectivity index (χ0) is 16.9. The number of hydrogen-bond acceptors (Lipinski definition) is 5. The molecule has 0 saturated carbocycles. The molecule has 0 radical (unpaired) electrons. The summed E-state index contributed by atoms with van der Waals surface area (Å²) in [6.07, 6.45) is 3.46. The minimum atomic E-state index is 0. The third-order valence-corrected chi connectivity index (χ3v) is 4.07. The predicted molar refractivity (Wildman–Crippen MR) is 110 cm³/mol. The van der Waals surface area contributed by atoms with Gasteiger partial charge in [0.2, 0.25) is 0 Å². The molecule has 5 nitrogen and oxygen atoms in total. The van der Waals surface area contributed by atoms with Gasteiger partial charge in [0.05, 0.1) is 4.43 Å². The molecule has 0 atom stereocenters. The number of nitrogens with zero attached hydrogens (tertiary/aromatic N) is 3. The van der Waals surface area contributed by atoms with Crippen LogP contribution in [0.25, 0.3) is 11.4 Å². The van der Waals surface area contributed by atoms with Crippen molar-refractivity contribution in [2.75, 3.05) is 9.74 Å². The molecule has 1 N–H and O–H groups in total. The van der Waals surface area contributed by atoms with Gasteiger partial charge in [0.25, 0.3) is 0 Å². The molecule has 0 unspecified atom stereocenters. The van der Waals surface area contributed by atoms with E-state index in [2.05, 4.69) is 42.9 Å². The number of pyridine rings is 1. The molecule has 1 aromatic carbocycles. The monoisotopic (exact) mass is 466 g/mol. The molecule has 25 heavy (non-hydrogen) atoms. The minimum Gasteiger partial charge on any atom is -0.340 e. The molecule has 0 bridgehead atoms. The molecule has 0 aliphatic carbocycles. The summed E-state index contributed by atoms with van der Waals surface area (Å²) >= 11 is 2.07. The number of carbonyl (C=O) groups is 1. The number of alkyl halides is 1. The molecular formula is C18H16ClIN4O. The lowest BCUT2D eigenvalue weighted by molar-refractivity contribution is 0.102. The molecule has 128 valence electrons. The number of anilines is 2. The average Bonchev–Trinajstić information content (AvgIpc) is 2.62. The second kappa shape index (κ2) is 8.87. The Kier molecular flexibility index (Phi) is 6.83. The first-order valence-corrected chi connectivity index (χ1v) is 8.90. The van der Waals surface area contributed by atoms with Crippen molar-refractivity contribution in [2.24, 2.45) is 0 Å². The predicted octanol–water partition coefficient (Wildman–Crippen LogP) is 4.63. The lowest BCUT2D eigenvalue weighted by Crippen LogP contribution is -2.01. The van der Waals surface area contributed by atoms with Crippen LogP contribution in [-0.2, 0) is 0 Å². The Balaban J connectivity index is 0.00000225. The van der Waals surface area contributed by atoms with Gasteiger partial charge in [-0.15, -0.1) is 12.4 Å². The van der Waals surface area contributed by atoms with Gasteiger partial charge in [0.15, 0.2) is 11.6 Å². The van der Waals surface area contributed by atoms with Crippen LogP contribution in [0, 0.1) is 6.92 Å². The zero-order valence-corrected chi connectivity index (χ0v) is 16.4. The number of aromatic nitrogens is 3. The first-order valence-electron chi connectivity index (χ1n) is 7.38. The van der Waals surface area contributed by atoms with Gasteiger partial charge < -0.3 is 5.32 Å². The number of nitrogens with one attached hydrogen (secondary N) is 1. The maximum atomic E-state index is 11.7. The quantitative estimate of drug-likeness (QED) is 0.337.